The smallest absolute Gasteiger partial charge is 0.0836 e. The molecule has 3 nitrogen and oxygen atoms in total. The van der Waals surface area contributed by atoms with E-state index in [2.05, 4.69) is 31.2 Å². The fourth-order valence-electron chi connectivity index (χ4n) is 2.49. The molecule has 0 bridgehead atoms. The van der Waals surface area contributed by atoms with Crippen molar-refractivity contribution in [1.29, 1.82) is 0 Å². The van der Waals surface area contributed by atoms with E-state index in [1.807, 2.05) is 16.8 Å². The molecule has 114 valence electrons. The molecule has 5 heteroatoms. The highest BCUT2D eigenvalue weighted by Gasteiger charge is 2.14. The summed E-state index contributed by atoms with van der Waals surface area (Å²) in [6.45, 7) is 8.31. The topological polar surface area (TPSA) is 29.9 Å². The van der Waals surface area contributed by atoms with Gasteiger partial charge in [0.05, 0.1) is 16.4 Å². The Morgan fingerprint density at radius 2 is 2.00 bits per heavy atom. The first kappa shape index (κ1) is 16.3. The molecule has 0 fully saturated rings. The van der Waals surface area contributed by atoms with Crippen molar-refractivity contribution >= 4 is 23.2 Å². The first-order valence-electron chi connectivity index (χ1n) is 7.25. The Bertz CT molecular complexity index is 620. The number of hydrogen-bond acceptors (Lipinski definition) is 2. The minimum absolute atomic E-state index is 0.618. The molecule has 0 aliphatic carbocycles. The Morgan fingerprint density at radius 1 is 1.24 bits per heavy atom. The van der Waals surface area contributed by atoms with Gasteiger partial charge in [-0.25, -0.2) is 4.68 Å². The van der Waals surface area contributed by atoms with Crippen molar-refractivity contribution in [2.75, 3.05) is 13.1 Å². The van der Waals surface area contributed by atoms with Gasteiger partial charge in [0.2, 0.25) is 0 Å². The highest BCUT2D eigenvalue weighted by Crippen LogP contribution is 2.27. The van der Waals surface area contributed by atoms with Gasteiger partial charge in [0, 0.05) is 10.7 Å². The van der Waals surface area contributed by atoms with Crippen LogP contribution in [-0.4, -0.2) is 22.9 Å². The van der Waals surface area contributed by atoms with Gasteiger partial charge in [0.1, 0.15) is 0 Å². The predicted molar refractivity (Wildman–Crippen MR) is 89.9 cm³/mol. The molecule has 2 aromatic rings. The number of rotatable bonds is 6. The summed E-state index contributed by atoms with van der Waals surface area (Å²) in [7, 11) is 0. The average Bonchev–Trinajstić information content (AvgIpc) is 2.71. The number of nitrogens with zero attached hydrogens (tertiary/aromatic N) is 2. The maximum absolute atomic E-state index is 6.29. The van der Waals surface area contributed by atoms with Crippen molar-refractivity contribution < 1.29 is 0 Å². The van der Waals surface area contributed by atoms with Crippen molar-refractivity contribution in [3.05, 3.63) is 45.2 Å². The minimum Gasteiger partial charge on any atom is -0.317 e. The molecule has 0 radical (unpaired) electrons. The molecule has 0 aliphatic rings. The van der Waals surface area contributed by atoms with Crippen LogP contribution in [0.4, 0.5) is 0 Å². The zero-order valence-corrected chi connectivity index (χ0v) is 14.2. The summed E-state index contributed by atoms with van der Waals surface area (Å²) < 4.78 is 1.91. The lowest BCUT2D eigenvalue weighted by Gasteiger charge is -2.08. The van der Waals surface area contributed by atoms with E-state index >= 15 is 0 Å². The summed E-state index contributed by atoms with van der Waals surface area (Å²) in [4.78, 5) is 0. The quantitative estimate of drug-likeness (QED) is 0.801. The Labute approximate surface area is 136 Å². The molecule has 0 saturated heterocycles. The van der Waals surface area contributed by atoms with Crippen LogP contribution in [0.2, 0.25) is 10.0 Å². The maximum atomic E-state index is 6.29. The molecule has 1 N–H and O–H groups in total. The van der Waals surface area contributed by atoms with E-state index in [0.717, 1.165) is 43.0 Å². The predicted octanol–water partition coefficient (Wildman–Crippen LogP) is 4.34. The zero-order chi connectivity index (χ0) is 15.4. The lowest BCUT2D eigenvalue weighted by Crippen LogP contribution is -2.14. The standard InChI is InChI=1S/C16H21Cl2N3/c1-4-19-9-5-6-14-11(2)20-21(12(14)3)16-8-7-13(17)10-15(16)18/h7-8,10,19H,4-6,9H2,1-3H3. The van der Waals surface area contributed by atoms with Crippen LogP contribution in [0.1, 0.15) is 30.3 Å². The van der Waals surface area contributed by atoms with E-state index in [9.17, 15) is 0 Å². The molecule has 1 aromatic carbocycles. The summed E-state index contributed by atoms with van der Waals surface area (Å²) in [6, 6.07) is 5.50. The van der Waals surface area contributed by atoms with Gasteiger partial charge in [0.25, 0.3) is 0 Å². The van der Waals surface area contributed by atoms with Crippen molar-refractivity contribution in [1.82, 2.24) is 15.1 Å². The zero-order valence-electron chi connectivity index (χ0n) is 12.7. The van der Waals surface area contributed by atoms with E-state index in [0.29, 0.717) is 10.0 Å². The first-order valence-corrected chi connectivity index (χ1v) is 8.01. The van der Waals surface area contributed by atoms with Crippen LogP contribution in [0.25, 0.3) is 5.69 Å². The maximum Gasteiger partial charge on any atom is 0.0836 e. The molecule has 1 aromatic heterocycles. The van der Waals surface area contributed by atoms with Gasteiger partial charge in [-0.05, 0) is 63.5 Å². The Hall–Kier alpha value is -1.03. The third-order valence-corrected chi connectivity index (χ3v) is 4.15. The van der Waals surface area contributed by atoms with Gasteiger partial charge in [-0.3, -0.25) is 0 Å². The monoisotopic (exact) mass is 325 g/mol. The number of nitrogens with one attached hydrogen (secondary N) is 1. The number of halogens is 2. The molecule has 2 rings (SSSR count). The van der Waals surface area contributed by atoms with Crippen molar-refractivity contribution in [3.8, 4) is 5.69 Å². The summed E-state index contributed by atoms with van der Waals surface area (Å²) >= 11 is 12.2. The van der Waals surface area contributed by atoms with Gasteiger partial charge in [-0.2, -0.15) is 5.10 Å². The molecular weight excluding hydrogens is 305 g/mol. The van der Waals surface area contributed by atoms with Crippen LogP contribution in [0.3, 0.4) is 0 Å². The number of aryl methyl sites for hydroxylation is 1. The van der Waals surface area contributed by atoms with Gasteiger partial charge >= 0.3 is 0 Å². The SMILES string of the molecule is CCNCCCc1c(C)nn(-c2ccc(Cl)cc2Cl)c1C. The highest BCUT2D eigenvalue weighted by molar-refractivity contribution is 6.35. The molecular formula is C16H21Cl2N3. The fourth-order valence-corrected chi connectivity index (χ4v) is 2.98. The number of aromatic nitrogens is 2. The van der Waals surface area contributed by atoms with Crippen LogP contribution in [0, 0.1) is 13.8 Å². The lowest BCUT2D eigenvalue weighted by atomic mass is 10.1. The van der Waals surface area contributed by atoms with Crippen molar-refractivity contribution in [2.24, 2.45) is 0 Å². The molecule has 0 saturated carbocycles. The van der Waals surface area contributed by atoms with Crippen LogP contribution >= 0.6 is 23.2 Å². The Morgan fingerprint density at radius 3 is 2.67 bits per heavy atom. The summed E-state index contributed by atoms with van der Waals surface area (Å²) in [5.41, 5.74) is 4.39. The van der Waals surface area contributed by atoms with E-state index in [-0.39, 0.29) is 0 Å². The van der Waals surface area contributed by atoms with Gasteiger partial charge in [-0.15, -0.1) is 0 Å². The number of benzene rings is 1. The third kappa shape index (κ3) is 3.79. The van der Waals surface area contributed by atoms with Gasteiger partial charge in [0.15, 0.2) is 0 Å². The Balaban J connectivity index is 2.26. The molecule has 0 amide bonds. The normalized spacial score (nSPS) is 11.1. The van der Waals surface area contributed by atoms with Crippen LogP contribution < -0.4 is 5.32 Å². The van der Waals surface area contributed by atoms with Gasteiger partial charge in [-0.1, -0.05) is 30.1 Å². The van der Waals surface area contributed by atoms with E-state index < -0.39 is 0 Å². The van der Waals surface area contributed by atoms with E-state index in [1.54, 1.807) is 6.07 Å². The van der Waals surface area contributed by atoms with E-state index in [4.69, 9.17) is 23.2 Å². The second-order valence-corrected chi connectivity index (χ2v) is 5.96. The minimum atomic E-state index is 0.618. The third-order valence-electron chi connectivity index (χ3n) is 3.61. The number of hydrogen-bond donors (Lipinski definition) is 1. The average molecular weight is 326 g/mol. The molecule has 0 aliphatic heterocycles. The van der Waals surface area contributed by atoms with Crippen molar-refractivity contribution in [2.45, 2.75) is 33.6 Å². The lowest BCUT2D eigenvalue weighted by molar-refractivity contribution is 0.670. The highest BCUT2D eigenvalue weighted by atomic mass is 35.5. The largest absolute Gasteiger partial charge is 0.317 e. The second-order valence-electron chi connectivity index (χ2n) is 5.11. The van der Waals surface area contributed by atoms with Gasteiger partial charge < -0.3 is 5.32 Å². The Kier molecular flexibility index (Phi) is 5.68. The van der Waals surface area contributed by atoms with Crippen molar-refractivity contribution in [3.63, 3.8) is 0 Å². The molecule has 0 atom stereocenters. The van der Waals surface area contributed by atoms with E-state index in [1.165, 1.54) is 5.56 Å². The molecule has 0 unspecified atom stereocenters. The fraction of sp³-hybridized carbons (Fsp3) is 0.438. The second kappa shape index (κ2) is 7.30. The molecule has 21 heavy (non-hydrogen) atoms. The summed E-state index contributed by atoms with van der Waals surface area (Å²) in [5, 5.41) is 9.24. The summed E-state index contributed by atoms with van der Waals surface area (Å²) in [6.07, 6.45) is 2.13. The van der Waals surface area contributed by atoms with Crippen LogP contribution in [0.5, 0.6) is 0 Å². The molecule has 1 heterocycles. The van der Waals surface area contributed by atoms with Crippen LogP contribution in [0.15, 0.2) is 18.2 Å². The first-order chi connectivity index (χ1) is 10.0. The van der Waals surface area contributed by atoms with Crippen LogP contribution in [-0.2, 0) is 6.42 Å². The molecule has 0 spiro atoms. The summed E-state index contributed by atoms with van der Waals surface area (Å²) in [5.74, 6) is 0.